The van der Waals surface area contributed by atoms with Gasteiger partial charge in [0, 0.05) is 51.4 Å². The second-order valence-electron chi connectivity index (χ2n) is 6.50. The van der Waals surface area contributed by atoms with Crippen LogP contribution in [0.3, 0.4) is 0 Å². The predicted molar refractivity (Wildman–Crippen MR) is 85.4 cm³/mol. The second-order valence-corrected chi connectivity index (χ2v) is 6.50. The Morgan fingerprint density at radius 3 is 2.95 bits per heavy atom. The van der Waals surface area contributed by atoms with Crippen LogP contribution in [0.5, 0.6) is 0 Å². The maximum absolute atomic E-state index is 12.4. The maximum Gasteiger partial charge on any atom is 0.223 e. The maximum atomic E-state index is 12.4. The molecule has 0 saturated carbocycles. The Hall–Kier alpha value is -1.40. The smallest absolute Gasteiger partial charge is 0.223 e. The first-order valence-electron chi connectivity index (χ1n) is 8.20. The summed E-state index contributed by atoms with van der Waals surface area (Å²) in [5.74, 6) is 0.804. The summed E-state index contributed by atoms with van der Waals surface area (Å²) >= 11 is 0. The van der Waals surface area contributed by atoms with E-state index >= 15 is 0 Å². The molecule has 1 amide bonds. The molecule has 0 aliphatic carbocycles. The Labute approximate surface area is 132 Å². The highest BCUT2D eigenvalue weighted by Gasteiger charge is 2.29. The molecule has 0 radical (unpaired) electrons. The van der Waals surface area contributed by atoms with Crippen LogP contribution in [0.2, 0.25) is 0 Å². The zero-order valence-electron chi connectivity index (χ0n) is 13.7. The van der Waals surface area contributed by atoms with E-state index in [1.807, 2.05) is 11.1 Å². The number of nitrogens with one attached hydrogen (secondary N) is 1. The number of rotatable bonds is 7. The first-order chi connectivity index (χ1) is 10.6. The Bertz CT molecular complexity index is 447. The van der Waals surface area contributed by atoms with Crippen LogP contribution in [0.1, 0.15) is 32.3 Å². The quantitative estimate of drug-likeness (QED) is 0.785. The van der Waals surface area contributed by atoms with Gasteiger partial charge in [-0.1, -0.05) is 13.8 Å². The van der Waals surface area contributed by atoms with E-state index in [1.54, 1.807) is 6.20 Å². The van der Waals surface area contributed by atoms with Crippen molar-refractivity contribution in [3.63, 3.8) is 0 Å². The van der Waals surface area contributed by atoms with Crippen LogP contribution in [0.25, 0.3) is 0 Å². The van der Waals surface area contributed by atoms with E-state index in [-0.39, 0.29) is 18.6 Å². The van der Waals surface area contributed by atoms with E-state index in [4.69, 9.17) is 0 Å². The molecule has 6 heteroatoms. The summed E-state index contributed by atoms with van der Waals surface area (Å²) in [6.07, 6.45) is 5.59. The van der Waals surface area contributed by atoms with E-state index in [2.05, 4.69) is 28.9 Å². The minimum absolute atomic E-state index is 0.177. The van der Waals surface area contributed by atoms with Gasteiger partial charge in [0.2, 0.25) is 5.91 Å². The van der Waals surface area contributed by atoms with E-state index in [0.29, 0.717) is 12.3 Å². The molecule has 1 aromatic rings. The van der Waals surface area contributed by atoms with Gasteiger partial charge in [-0.25, -0.2) is 0 Å². The highest BCUT2D eigenvalue weighted by atomic mass is 16.3. The number of carbonyl (C=O) groups is 1. The van der Waals surface area contributed by atoms with Gasteiger partial charge in [-0.05, 0) is 24.3 Å². The minimum Gasteiger partial charge on any atom is -0.396 e. The van der Waals surface area contributed by atoms with Crippen molar-refractivity contribution in [3.8, 4) is 0 Å². The summed E-state index contributed by atoms with van der Waals surface area (Å²) in [4.78, 5) is 16.8. The molecule has 0 bridgehead atoms. The lowest BCUT2D eigenvalue weighted by atomic mass is 10.1. The number of hydrogen-bond acceptors (Lipinski definition) is 4. The number of aliphatic hydroxyl groups is 1. The van der Waals surface area contributed by atoms with Crippen molar-refractivity contribution in [2.75, 3.05) is 32.8 Å². The van der Waals surface area contributed by atoms with E-state index in [9.17, 15) is 9.90 Å². The molecule has 124 valence electrons. The van der Waals surface area contributed by atoms with Crippen LogP contribution in [-0.2, 0) is 11.2 Å². The minimum atomic E-state index is 0.177. The fourth-order valence-corrected chi connectivity index (χ4v) is 3.08. The Kier molecular flexibility index (Phi) is 6.39. The van der Waals surface area contributed by atoms with Gasteiger partial charge in [0.15, 0.2) is 0 Å². The van der Waals surface area contributed by atoms with Crippen LogP contribution in [0.4, 0.5) is 0 Å². The molecule has 2 heterocycles. The molecule has 1 fully saturated rings. The largest absolute Gasteiger partial charge is 0.396 e. The summed E-state index contributed by atoms with van der Waals surface area (Å²) < 4.78 is 0. The van der Waals surface area contributed by atoms with Gasteiger partial charge in [-0.2, -0.15) is 5.10 Å². The first kappa shape index (κ1) is 17.0. The fourth-order valence-electron chi connectivity index (χ4n) is 3.08. The predicted octanol–water partition coefficient (Wildman–Crippen LogP) is 0.893. The number of H-pyrrole nitrogens is 1. The van der Waals surface area contributed by atoms with E-state index in [1.165, 1.54) is 0 Å². The number of aryl methyl sites for hydroxylation is 1. The molecule has 22 heavy (non-hydrogen) atoms. The number of aromatic nitrogens is 2. The van der Waals surface area contributed by atoms with Crippen LogP contribution in [0.15, 0.2) is 12.4 Å². The molecule has 6 nitrogen and oxygen atoms in total. The lowest BCUT2D eigenvalue weighted by Gasteiger charge is -2.42. The van der Waals surface area contributed by atoms with Crippen molar-refractivity contribution >= 4 is 5.91 Å². The van der Waals surface area contributed by atoms with E-state index < -0.39 is 0 Å². The lowest BCUT2D eigenvalue weighted by molar-refractivity contribution is -0.134. The third-order valence-corrected chi connectivity index (χ3v) is 4.20. The number of hydrogen-bond donors (Lipinski definition) is 2. The standard InChI is InChI=1S/C16H28N4O2/c1-13(2)11-19-6-7-20(12-15(19)5-8-21)16(22)4-3-14-9-17-18-10-14/h9-10,13,15,21H,3-8,11-12H2,1-2H3,(H,17,18)/t15-/m1/s1. The molecular formula is C16H28N4O2. The molecule has 0 spiro atoms. The Morgan fingerprint density at radius 1 is 1.50 bits per heavy atom. The number of carbonyl (C=O) groups excluding carboxylic acids is 1. The van der Waals surface area contributed by atoms with Gasteiger partial charge in [-0.3, -0.25) is 14.8 Å². The average Bonchev–Trinajstić information content (AvgIpc) is 2.99. The molecular weight excluding hydrogens is 280 g/mol. The number of nitrogens with zero attached hydrogens (tertiary/aromatic N) is 3. The molecule has 2 N–H and O–H groups in total. The molecule has 2 rings (SSSR count). The summed E-state index contributed by atoms with van der Waals surface area (Å²) in [5.41, 5.74) is 1.07. The molecule has 0 aromatic carbocycles. The Balaban J connectivity index is 1.85. The second kappa shape index (κ2) is 8.29. The van der Waals surface area contributed by atoms with Gasteiger partial charge >= 0.3 is 0 Å². The normalized spacial score (nSPS) is 19.8. The summed E-state index contributed by atoms with van der Waals surface area (Å²) in [6.45, 7) is 8.05. The topological polar surface area (TPSA) is 72.5 Å². The number of aromatic amines is 1. The van der Waals surface area contributed by atoms with Crippen LogP contribution in [0, 0.1) is 5.92 Å². The number of piperazine rings is 1. The van der Waals surface area contributed by atoms with Gasteiger partial charge in [0.25, 0.3) is 0 Å². The fraction of sp³-hybridized carbons (Fsp3) is 0.750. The average molecular weight is 308 g/mol. The van der Waals surface area contributed by atoms with Gasteiger partial charge in [0.1, 0.15) is 0 Å². The molecule has 1 aliphatic heterocycles. The van der Waals surface area contributed by atoms with Crippen molar-refractivity contribution in [2.45, 2.75) is 39.2 Å². The summed E-state index contributed by atoms with van der Waals surface area (Å²) in [5, 5.41) is 16.0. The molecule has 1 aliphatic rings. The molecule has 1 saturated heterocycles. The number of aliphatic hydroxyl groups excluding tert-OH is 1. The van der Waals surface area contributed by atoms with Gasteiger partial charge < -0.3 is 10.0 Å². The van der Waals surface area contributed by atoms with Crippen molar-refractivity contribution in [3.05, 3.63) is 18.0 Å². The third kappa shape index (κ3) is 4.81. The lowest BCUT2D eigenvalue weighted by Crippen LogP contribution is -2.55. The highest BCUT2D eigenvalue weighted by molar-refractivity contribution is 5.76. The summed E-state index contributed by atoms with van der Waals surface area (Å²) in [7, 11) is 0. The van der Waals surface area contributed by atoms with Crippen LogP contribution in [-0.4, -0.2) is 69.8 Å². The SMILES string of the molecule is CC(C)CN1CCN(C(=O)CCc2cn[nH]c2)C[C@H]1CCO. The zero-order valence-corrected chi connectivity index (χ0v) is 13.7. The van der Waals surface area contributed by atoms with Crippen LogP contribution < -0.4 is 0 Å². The van der Waals surface area contributed by atoms with Crippen LogP contribution >= 0.6 is 0 Å². The van der Waals surface area contributed by atoms with Crippen molar-refractivity contribution in [2.24, 2.45) is 5.92 Å². The number of amides is 1. The van der Waals surface area contributed by atoms with Crippen molar-refractivity contribution in [1.29, 1.82) is 0 Å². The summed E-state index contributed by atoms with van der Waals surface area (Å²) in [6, 6.07) is 0.277. The third-order valence-electron chi connectivity index (χ3n) is 4.20. The molecule has 1 atom stereocenters. The van der Waals surface area contributed by atoms with Crippen molar-refractivity contribution < 1.29 is 9.90 Å². The van der Waals surface area contributed by atoms with Crippen molar-refractivity contribution in [1.82, 2.24) is 20.0 Å². The molecule has 0 unspecified atom stereocenters. The van der Waals surface area contributed by atoms with E-state index in [0.717, 1.165) is 44.6 Å². The highest BCUT2D eigenvalue weighted by Crippen LogP contribution is 2.16. The zero-order chi connectivity index (χ0) is 15.9. The van der Waals surface area contributed by atoms with Gasteiger partial charge in [0.05, 0.1) is 6.20 Å². The monoisotopic (exact) mass is 308 g/mol. The molecule has 1 aromatic heterocycles. The Morgan fingerprint density at radius 2 is 2.32 bits per heavy atom. The van der Waals surface area contributed by atoms with Gasteiger partial charge in [-0.15, -0.1) is 0 Å². The first-order valence-corrected chi connectivity index (χ1v) is 8.20.